The van der Waals surface area contributed by atoms with E-state index in [2.05, 4.69) is 4.98 Å². The van der Waals surface area contributed by atoms with Crippen molar-refractivity contribution in [3.63, 3.8) is 0 Å². The fraction of sp³-hybridized carbons (Fsp3) is 0.154. The second-order valence-corrected chi connectivity index (χ2v) is 4.44. The summed E-state index contributed by atoms with van der Waals surface area (Å²) in [7, 11) is 3.72. The number of benzene rings is 1. The molecule has 0 saturated carbocycles. The van der Waals surface area contributed by atoms with E-state index in [4.69, 9.17) is 11.6 Å². The van der Waals surface area contributed by atoms with Crippen LogP contribution in [0.3, 0.4) is 0 Å². The highest BCUT2D eigenvalue weighted by molar-refractivity contribution is 6.33. The third-order valence-electron chi connectivity index (χ3n) is 2.59. The minimum absolute atomic E-state index is 0.152. The molecule has 2 aromatic rings. The molecule has 1 aromatic heterocycles. The average Bonchev–Trinajstić information content (AvgIpc) is 2.30. The normalized spacial score (nSPS) is 10.5. The predicted octanol–water partition coefficient (Wildman–Crippen LogP) is 3.75. The van der Waals surface area contributed by atoms with Crippen molar-refractivity contribution >= 4 is 17.3 Å². The second kappa shape index (κ2) is 4.90. The van der Waals surface area contributed by atoms with Crippen molar-refractivity contribution in [2.45, 2.75) is 0 Å². The summed E-state index contributed by atoms with van der Waals surface area (Å²) in [6.45, 7) is 0. The average molecular weight is 269 g/mol. The number of anilines is 1. The van der Waals surface area contributed by atoms with Gasteiger partial charge in [0, 0.05) is 25.3 Å². The quantitative estimate of drug-likeness (QED) is 0.825. The van der Waals surface area contributed by atoms with Crippen LogP contribution in [0.2, 0.25) is 5.02 Å². The van der Waals surface area contributed by atoms with Crippen LogP contribution in [0.4, 0.5) is 14.5 Å². The summed E-state index contributed by atoms with van der Waals surface area (Å²) in [6, 6.07) is 5.01. The molecule has 0 N–H and O–H groups in total. The van der Waals surface area contributed by atoms with Gasteiger partial charge in [0.25, 0.3) is 0 Å². The highest BCUT2D eigenvalue weighted by Crippen LogP contribution is 2.33. The Morgan fingerprint density at radius 2 is 1.72 bits per heavy atom. The lowest BCUT2D eigenvalue weighted by atomic mass is 10.1. The molecule has 1 heterocycles. The van der Waals surface area contributed by atoms with Gasteiger partial charge in [0.1, 0.15) is 0 Å². The first-order valence-corrected chi connectivity index (χ1v) is 5.64. The molecule has 2 rings (SSSR count). The Labute approximate surface area is 109 Å². The number of hydrogen-bond donors (Lipinski definition) is 0. The summed E-state index contributed by atoms with van der Waals surface area (Å²) in [6.07, 6.45) is 1.93. The molecule has 0 radical (unpaired) electrons. The van der Waals surface area contributed by atoms with Crippen molar-refractivity contribution in [2.24, 2.45) is 0 Å². The highest BCUT2D eigenvalue weighted by atomic mass is 35.5. The monoisotopic (exact) mass is 268 g/mol. The minimum Gasteiger partial charge on any atom is -0.378 e. The van der Waals surface area contributed by atoms with Gasteiger partial charge < -0.3 is 4.90 Å². The minimum atomic E-state index is -0.727. The number of pyridine rings is 1. The topological polar surface area (TPSA) is 16.1 Å². The van der Waals surface area contributed by atoms with Gasteiger partial charge in [-0.15, -0.1) is 0 Å². The molecule has 0 aliphatic rings. The van der Waals surface area contributed by atoms with Crippen LogP contribution in [0.15, 0.2) is 30.6 Å². The molecule has 0 unspecified atom stereocenters. The number of rotatable bonds is 2. The van der Waals surface area contributed by atoms with Crippen LogP contribution >= 0.6 is 11.6 Å². The molecule has 2 nitrogen and oxygen atoms in total. The van der Waals surface area contributed by atoms with Gasteiger partial charge in [-0.05, 0) is 12.1 Å². The van der Waals surface area contributed by atoms with E-state index in [9.17, 15) is 8.78 Å². The van der Waals surface area contributed by atoms with Crippen molar-refractivity contribution in [3.05, 3.63) is 47.2 Å². The van der Waals surface area contributed by atoms with Crippen molar-refractivity contribution < 1.29 is 8.78 Å². The van der Waals surface area contributed by atoms with E-state index < -0.39 is 11.6 Å². The summed E-state index contributed by atoms with van der Waals surface area (Å²) in [5.41, 5.74) is 1.03. The van der Waals surface area contributed by atoms with Crippen LogP contribution in [0, 0.1) is 11.6 Å². The SMILES string of the molecule is CN(C)c1ccc(-c2c(F)cncc2F)c(Cl)c1. The van der Waals surface area contributed by atoms with Crippen LogP contribution < -0.4 is 4.90 Å². The zero-order valence-electron chi connectivity index (χ0n) is 9.92. The van der Waals surface area contributed by atoms with E-state index >= 15 is 0 Å². The first-order chi connectivity index (χ1) is 8.50. The zero-order valence-corrected chi connectivity index (χ0v) is 10.7. The number of aromatic nitrogens is 1. The van der Waals surface area contributed by atoms with E-state index in [-0.39, 0.29) is 5.56 Å². The maximum atomic E-state index is 13.6. The van der Waals surface area contributed by atoms with Gasteiger partial charge in [-0.3, -0.25) is 4.98 Å². The summed E-state index contributed by atoms with van der Waals surface area (Å²) < 4.78 is 27.2. The van der Waals surface area contributed by atoms with Gasteiger partial charge in [-0.1, -0.05) is 17.7 Å². The van der Waals surface area contributed by atoms with Crippen LogP contribution in [0.5, 0.6) is 0 Å². The van der Waals surface area contributed by atoms with Gasteiger partial charge in [-0.25, -0.2) is 8.78 Å². The predicted molar refractivity (Wildman–Crippen MR) is 68.9 cm³/mol. The molecule has 1 aromatic carbocycles. The summed E-state index contributed by atoms with van der Waals surface area (Å²) in [5, 5.41) is 0.296. The molecular formula is C13H11ClF2N2. The van der Waals surface area contributed by atoms with Crippen LogP contribution in [0.1, 0.15) is 0 Å². The Hall–Kier alpha value is -1.68. The Bertz CT molecular complexity index is 565. The third-order valence-corrected chi connectivity index (χ3v) is 2.90. The number of nitrogens with zero attached hydrogens (tertiary/aromatic N) is 2. The van der Waals surface area contributed by atoms with Gasteiger partial charge >= 0.3 is 0 Å². The van der Waals surface area contributed by atoms with E-state index in [1.54, 1.807) is 18.2 Å². The Morgan fingerprint density at radius 3 is 2.22 bits per heavy atom. The molecule has 0 saturated heterocycles. The maximum Gasteiger partial charge on any atom is 0.152 e. The van der Waals surface area contributed by atoms with E-state index in [0.717, 1.165) is 18.1 Å². The molecular weight excluding hydrogens is 258 g/mol. The first kappa shape index (κ1) is 12.8. The fourth-order valence-electron chi connectivity index (χ4n) is 1.65. The van der Waals surface area contributed by atoms with Crippen LogP contribution in [-0.2, 0) is 0 Å². The summed E-state index contributed by atoms with van der Waals surface area (Å²) >= 11 is 6.07. The molecule has 0 atom stereocenters. The molecule has 0 aliphatic heterocycles. The van der Waals surface area contributed by atoms with E-state index in [1.807, 2.05) is 19.0 Å². The van der Waals surface area contributed by atoms with Crippen molar-refractivity contribution in [1.82, 2.24) is 4.98 Å². The molecule has 94 valence electrons. The molecule has 0 bridgehead atoms. The molecule has 0 fully saturated rings. The lowest BCUT2D eigenvalue weighted by Crippen LogP contribution is -2.08. The number of halogens is 3. The highest BCUT2D eigenvalue weighted by Gasteiger charge is 2.15. The van der Waals surface area contributed by atoms with Gasteiger partial charge in [0.2, 0.25) is 0 Å². The van der Waals surface area contributed by atoms with Gasteiger partial charge in [0.05, 0.1) is 23.0 Å². The molecule has 0 aliphatic carbocycles. The molecule has 18 heavy (non-hydrogen) atoms. The Balaban J connectivity index is 2.59. The third kappa shape index (κ3) is 2.29. The molecule has 5 heteroatoms. The van der Waals surface area contributed by atoms with E-state index in [1.165, 1.54) is 0 Å². The first-order valence-electron chi connectivity index (χ1n) is 5.27. The summed E-state index contributed by atoms with van der Waals surface area (Å²) in [4.78, 5) is 5.30. The van der Waals surface area contributed by atoms with Crippen molar-refractivity contribution in [3.8, 4) is 11.1 Å². The van der Waals surface area contributed by atoms with Crippen molar-refractivity contribution in [1.29, 1.82) is 0 Å². The van der Waals surface area contributed by atoms with E-state index in [0.29, 0.717) is 10.6 Å². The second-order valence-electron chi connectivity index (χ2n) is 4.04. The van der Waals surface area contributed by atoms with Gasteiger partial charge in [0.15, 0.2) is 11.6 Å². The Morgan fingerprint density at radius 1 is 1.11 bits per heavy atom. The fourth-order valence-corrected chi connectivity index (χ4v) is 1.92. The van der Waals surface area contributed by atoms with Gasteiger partial charge in [-0.2, -0.15) is 0 Å². The zero-order chi connectivity index (χ0) is 13.3. The maximum absolute atomic E-state index is 13.6. The number of hydrogen-bond acceptors (Lipinski definition) is 2. The lowest BCUT2D eigenvalue weighted by Gasteiger charge is -2.14. The summed E-state index contributed by atoms with van der Waals surface area (Å²) in [5.74, 6) is -1.45. The van der Waals surface area contributed by atoms with Crippen LogP contribution in [-0.4, -0.2) is 19.1 Å². The molecule has 0 spiro atoms. The smallest absolute Gasteiger partial charge is 0.152 e. The van der Waals surface area contributed by atoms with Crippen LogP contribution in [0.25, 0.3) is 11.1 Å². The molecule has 0 amide bonds. The lowest BCUT2D eigenvalue weighted by molar-refractivity contribution is 0.579. The standard InChI is InChI=1S/C13H11ClF2N2/c1-18(2)8-3-4-9(10(14)5-8)13-11(15)6-17-7-12(13)16/h3-7H,1-2H3. The largest absolute Gasteiger partial charge is 0.378 e. The Kier molecular flexibility index (Phi) is 3.48. The van der Waals surface area contributed by atoms with Crippen molar-refractivity contribution in [2.75, 3.05) is 19.0 Å².